The van der Waals surface area contributed by atoms with E-state index in [2.05, 4.69) is 20.7 Å². The fourth-order valence-corrected chi connectivity index (χ4v) is 3.05. The van der Waals surface area contributed by atoms with Crippen molar-refractivity contribution in [2.75, 3.05) is 18.4 Å². The molecule has 3 rings (SSSR count). The number of hydrogen-bond acceptors (Lipinski definition) is 5. The van der Waals surface area contributed by atoms with Gasteiger partial charge in [0, 0.05) is 31.2 Å². The second kappa shape index (κ2) is 8.37. The van der Waals surface area contributed by atoms with E-state index >= 15 is 0 Å². The van der Waals surface area contributed by atoms with E-state index in [1.54, 1.807) is 37.3 Å². The Bertz CT molecular complexity index is 1050. The summed E-state index contributed by atoms with van der Waals surface area (Å²) in [5.41, 5.74) is 0.00414. The van der Waals surface area contributed by atoms with Gasteiger partial charge >= 0.3 is 0 Å². The van der Waals surface area contributed by atoms with Gasteiger partial charge in [0.1, 0.15) is 5.82 Å². The predicted molar refractivity (Wildman–Crippen MR) is 107 cm³/mol. The van der Waals surface area contributed by atoms with E-state index in [1.165, 1.54) is 10.9 Å². The summed E-state index contributed by atoms with van der Waals surface area (Å²) < 4.78 is 1.28. The van der Waals surface area contributed by atoms with Crippen molar-refractivity contribution in [2.45, 2.75) is 13.5 Å². The fraction of sp³-hybridized carbons (Fsp3) is 0.222. The van der Waals surface area contributed by atoms with Crippen molar-refractivity contribution in [2.24, 2.45) is 0 Å². The maximum atomic E-state index is 12.6. The zero-order valence-electron chi connectivity index (χ0n) is 14.5. The van der Waals surface area contributed by atoms with Crippen molar-refractivity contribution in [1.82, 2.24) is 20.1 Å². The van der Waals surface area contributed by atoms with E-state index < -0.39 is 0 Å². The Morgan fingerprint density at radius 2 is 1.93 bits per heavy atom. The van der Waals surface area contributed by atoms with Gasteiger partial charge in [-0.25, -0.2) is 9.67 Å². The standard InChI is InChI=1S/C18H17Cl2N5O2/c1-2-25-18(27)13-6-4-3-5-12(13)15(24-25)17(26)22-8-7-21-16-14(20)9-11(19)10-23-16/h3-6,9-10H,2,7-8H2,1H3,(H,21,23)(H,22,26). The molecule has 0 saturated carbocycles. The molecular weight excluding hydrogens is 389 g/mol. The van der Waals surface area contributed by atoms with Crippen LogP contribution in [-0.4, -0.2) is 33.8 Å². The monoisotopic (exact) mass is 405 g/mol. The van der Waals surface area contributed by atoms with Crippen molar-refractivity contribution in [1.29, 1.82) is 0 Å². The molecule has 0 aliphatic rings. The zero-order valence-corrected chi connectivity index (χ0v) is 16.0. The summed E-state index contributed by atoms with van der Waals surface area (Å²) in [6, 6.07) is 8.53. The highest BCUT2D eigenvalue weighted by Gasteiger charge is 2.15. The average Bonchev–Trinajstić information content (AvgIpc) is 2.67. The smallest absolute Gasteiger partial charge is 0.274 e. The molecule has 0 fully saturated rings. The number of rotatable bonds is 6. The normalized spacial score (nSPS) is 10.8. The molecule has 2 heterocycles. The molecule has 7 nitrogen and oxygen atoms in total. The van der Waals surface area contributed by atoms with Crippen LogP contribution in [-0.2, 0) is 6.54 Å². The van der Waals surface area contributed by atoms with Gasteiger partial charge in [-0.15, -0.1) is 0 Å². The van der Waals surface area contributed by atoms with E-state index in [0.717, 1.165) is 0 Å². The van der Waals surface area contributed by atoms with Crippen molar-refractivity contribution >= 4 is 45.7 Å². The van der Waals surface area contributed by atoms with Crippen molar-refractivity contribution < 1.29 is 4.79 Å². The van der Waals surface area contributed by atoms with Crippen LogP contribution in [0.3, 0.4) is 0 Å². The van der Waals surface area contributed by atoms with Gasteiger partial charge < -0.3 is 10.6 Å². The van der Waals surface area contributed by atoms with Crippen LogP contribution in [0.5, 0.6) is 0 Å². The molecule has 2 aromatic heterocycles. The number of amides is 1. The Balaban J connectivity index is 1.71. The van der Waals surface area contributed by atoms with E-state index in [9.17, 15) is 9.59 Å². The number of halogens is 2. The number of anilines is 1. The number of pyridine rings is 1. The molecule has 0 bridgehead atoms. The molecule has 1 aromatic carbocycles. The molecule has 140 valence electrons. The second-order valence-corrected chi connectivity index (χ2v) is 6.53. The quantitative estimate of drug-likeness (QED) is 0.615. The van der Waals surface area contributed by atoms with Crippen LogP contribution >= 0.6 is 23.2 Å². The number of carbonyl (C=O) groups excluding carboxylic acids is 1. The minimum atomic E-state index is -0.356. The maximum absolute atomic E-state index is 12.6. The fourth-order valence-electron chi connectivity index (χ4n) is 2.60. The Kier molecular flexibility index (Phi) is 5.93. The number of nitrogens with one attached hydrogen (secondary N) is 2. The number of aryl methyl sites for hydroxylation is 1. The van der Waals surface area contributed by atoms with Crippen molar-refractivity contribution in [3.05, 3.63) is 62.6 Å². The van der Waals surface area contributed by atoms with E-state index in [0.29, 0.717) is 46.3 Å². The van der Waals surface area contributed by atoms with Gasteiger partial charge in [0.05, 0.1) is 15.4 Å². The Hall–Kier alpha value is -2.64. The molecule has 0 unspecified atom stereocenters. The van der Waals surface area contributed by atoms with Crippen LogP contribution < -0.4 is 16.2 Å². The molecule has 0 spiro atoms. The molecular formula is C18H17Cl2N5O2. The van der Waals surface area contributed by atoms with Gasteiger partial charge in [0.15, 0.2) is 5.69 Å². The predicted octanol–water partition coefficient (Wildman–Crippen LogP) is 2.96. The van der Waals surface area contributed by atoms with Crippen molar-refractivity contribution in [3.63, 3.8) is 0 Å². The first kappa shape index (κ1) is 19.1. The molecule has 0 atom stereocenters. The third-order valence-electron chi connectivity index (χ3n) is 3.89. The number of carbonyl (C=O) groups is 1. The topological polar surface area (TPSA) is 88.9 Å². The third kappa shape index (κ3) is 4.20. The molecule has 9 heteroatoms. The molecule has 0 aliphatic carbocycles. The summed E-state index contributed by atoms with van der Waals surface area (Å²) in [4.78, 5) is 29.0. The van der Waals surface area contributed by atoms with Gasteiger partial charge in [-0.1, -0.05) is 41.4 Å². The van der Waals surface area contributed by atoms with E-state index in [4.69, 9.17) is 23.2 Å². The first-order valence-corrected chi connectivity index (χ1v) is 9.09. The minimum absolute atomic E-state index is 0.213. The largest absolute Gasteiger partial charge is 0.367 e. The SMILES string of the molecule is CCn1nc(C(=O)NCCNc2ncc(Cl)cc2Cl)c2ccccc2c1=O. The highest BCUT2D eigenvalue weighted by molar-refractivity contribution is 6.35. The maximum Gasteiger partial charge on any atom is 0.274 e. The Morgan fingerprint density at radius 3 is 2.63 bits per heavy atom. The lowest BCUT2D eigenvalue weighted by Crippen LogP contribution is -2.33. The highest BCUT2D eigenvalue weighted by Crippen LogP contribution is 2.22. The molecule has 2 N–H and O–H groups in total. The van der Waals surface area contributed by atoms with Gasteiger partial charge in [-0.2, -0.15) is 5.10 Å². The first-order valence-electron chi connectivity index (χ1n) is 8.34. The van der Waals surface area contributed by atoms with Gasteiger partial charge in [-0.05, 0) is 19.1 Å². The van der Waals surface area contributed by atoms with Gasteiger partial charge in [0.2, 0.25) is 0 Å². The van der Waals surface area contributed by atoms with E-state index in [-0.39, 0.29) is 17.2 Å². The summed E-state index contributed by atoms with van der Waals surface area (Å²) in [6.45, 7) is 2.91. The summed E-state index contributed by atoms with van der Waals surface area (Å²) in [5.74, 6) is 0.129. The van der Waals surface area contributed by atoms with Crippen LogP contribution in [0.2, 0.25) is 10.0 Å². The molecule has 0 aliphatic heterocycles. The summed E-state index contributed by atoms with van der Waals surface area (Å²) >= 11 is 11.8. The first-order chi connectivity index (χ1) is 13.0. The highest BCUT2D eigenvalue weighted by atomic mass is 35.5. The number of aromatic nitrogens is 3. The average molecular weight is 406 g/mol. The van der Waals surface area contributed by atoms with Crippen LogP contribution in [0.4, 0.5) is 5.82 Å². The summed E-state index contributed by atoms with van der Waals surface area (Å²) in [7, 11) is 0. The Morgan fingerprint density at radius 1 is 1.19 bits per heavy atom. The third-order valence-corrected chi connectivity index (χ3v) is 4.39. The van der Waals surface area contributed by atoms with E-state index in [1.807, 2.05) is 0 Å². The number of hydrogen-bond donors (Lipinski definition) is 2. The summed E-state index contributed by atoms with van der Waals surface area (Å²) in [6.07, 6.45) is 1.48. The molecule has 3 aromatic rings. The molecule has 0 saturated heterocycles. The van der Waals surface area contributed by atoms with Crippen LogP contribution in [0.25, 0.3) is 10.8 Å². The summed E-state index contributed by atoms with van der Waals surface area (Å²) in [5, 5.41) is 11.9. The lowest BCUT2D eigenvalue weighted by Gasteiger charge is -2.11. The second-order valence-electron chi connectivity index (χ2n) is 5.68. The van der Waals surface area contributed by atoms with Crippen LogP contribution in [0.15, 0.2) is 41.3 Å². The molecule has 0 radical (unpaired) electrons. The van der Waals surface area contributed by atoms with Crippen LogP contribution in [0, 0.1) is 0 Å². The lowest BCUT2D eigenvalue weighted by atomic mass is 10.1. The number of fused-ring (bicyclic) bond motifs is 1. The number of benzene rings is 1. The minimum Gasteiger partial charge on any atom is -0.367 e. The van der Waals surface area contributed by atoms with Crippen LogP contribution in [0.1, 0.15) is 17.4 Å². The number of nitrogens with zero attached hydrogens (tertiary/aromatic N) is 3. The molecule has 1 amide bonds. The Labute approximate surface area is 165 Å². The van der Waals surface area contributed by atoms with Crippen molar-refractivity contribution in [3.8, 4) is 0 Å². The molecule has 27 heavy (non-hydrogen) atoms. The zero-order chi connectivity index (χ0) is 19.4. The van der Waals surface area contributed by atoms with Gasteiger partial charge in [0.25, 0.3) is 11.5 Å². The van der Waals surface area contributed by atoms with Gasteiger partial charge in [-0.3, -0.25) is 9.59 Å². The lowest BCUT2D eigenvalue weighted by molar-refractivity contribution is 0.0949.